The van der Waals surface area contributed by atoms with Gasteiger partial charge in [-0.2, -0.15) is 0 Å². The summed E-state index contributed by atoms with van der Waals surface area (Å²) >= 11 is 0. The fourth-order valence-electron chi connectivity index (χ4n) is 2.01. The Balaban J connectivity index is 2.07. The van der Waals surface area contributed by atoms with E-state index < -0.39 is 0 Å². The fourth-order valence-corrected chi connectivity index (χ4v) is 2.01. The monoisotopic (exact) mass is 288 g/mol. The van der Waals surface area contributed by atoms with Crippen molar-refractivity contribution in [3.05, 3.63) is 52.7 Å². The second-order valence-electron chi connectivity index (χ2n) is 4.77. The summed E-state index contributed by atoms with van der Waals surface area (Å²) in [5.41, 5.74) is 2.21. The van der Waals surface area contributed by atoms with Crippen LogP contribution in [0.25, 0.3) is 0 Å². The van der Waals surface area contributed by atoms with Crippen LogP contribution in [0.4, 0.5) is 10.2 Å². The van der Waals surface area contributed by atoms with Gasteiger partial charge in [-0.1, -0.05) is 12.1 Å². The maximum Gasteiger partial charge on any atom is 0.271 e. The molecule has 2 N–H and O–H groups in total. The van der Waals surface area contributed by atoms with Crippen molar-refractivity contribution in [2.75, 3.05) is 12.4 Å². The standard InChI is InChI=1S/C15H17FN4O/c1-9-4-11(5-10(2)14(9)16)6-19-15(21)12-7-18-8-13(17-3)20-12/h4-5,7-8H,6H2,1-3H3,(H,17,20)(H,19,21). The summed E-state index contributed by atoms with van der Waals surface area (Å²) in [6, 6.07) is 3.44. The molecule has 6 heteroatoms. The van der Waals surface area contributed by atoms with Crippen LogP contribution in [0.3, 0.4) is 0 Å². The van der Waals surface area contributed by atoms with Crippen molar-refractivity contribution in [1.29, 1.82) is 0 Å². The van der Waals surface area contributed by atoms with E-state index in [1.165, 1.54) is 12.4 Å². The molecule has 0 aliphatic rings. The Morgan fingerprint density at radius 1 is 1.24 bits per heavy atom. The van der Waals surface area contributed by atoms with Crippen molar-refractivity contribution >= 4 is 11.7 Å². The molecule has 2 rings (SSSR count). The van der Waals surface area contributed by atoms with E-state index in [0.29, 0.717) is 23.5 Å². The van der Waals surface area contributed by atoms with Crippen LogP contribution in [0.1, 0.15) is 27.2 Å². The molecule has 0 aliphatic heterocycles. The molecule has 1 aromatic carbocycles. The number of rotatable bonds is 4. The SMILES string of the molecule is CNc1cncc(C(=O)NCc2cc(C)c(F)c(C)c2)n1. The first-order valence-corrected chi connectivity index (χ1v) is 6.55. The maximum atomic E-state index is 13.5. The summed E-state index contributed by atoms with van der Waals surface area (Å²) in [5.74, 6) is -0.00647. The minimum Gasteiger partial charge on any atom is -0.372 e. The third-order valence-electron chi connectivity index (χ3n) is 3.07. The zero-order chi connectivity index (χ0) is 15.4. The molecule has 1 aromatic heterocycles. The lowest BCUT2D eigenvalue weighted by Gasteiger charge is -2.08. The van der Waals surface area contributed by atoms with Crippen LogP contribution >= 0.6 is 0 Å². The van der Waals surface area contributed by atoms with E-state index in [9.17, 15) is 9.18 Å². The Hall–Kier alpha value is -2.50. The number of carbonyl (C=O) groups is 1. The second kappa shape index (κ2) is 6.30. The Morgan fingerprint density at radius 3 is 2.52 bits per heavy atom. The zero-order valence-corrected chi connectivity index (χ0v) is 12.2. The van der Waals surface area contributed by atoms with E-state index in [1.54, 1.807) is 33.0 Å². The first-order chi connectivity index (χ1) is 10.0. The van der Waals surface area contributed by atoms with Crippen molar-refractivity contribution in [1.82, 2.24) is 15.3 Å². The molecule has 0 radical (unpaired) electrons. The number of aryl methyl sites for hydroxylation is 2. The van der Waals surface area contributed by atoms with E-state index in [-0.39, 0.29) is 17.4 Å². The highest BCUT2D eigenvalue weighted by molar-refractivity contribution is 5.92. The number of halogens is 1. The van der Waals surface area contributed by atoms with Gasteiger partial charge in [0, 0.05) is 13.6 Å². The van der Waals surface area contributed by atoms with Crippen molar-refractivity contribution in [3.63, 3.8) is 0 Å². The maximum absolute atomic E-state index is 13.5. The van der Waals surface area contributed by atoms with Gasteiger partial charge < -0.3 is 10.6 Å². The summed E-state index contributed by atoms with van der Waals surface area (Å²) in [7, 11) is 1.70. The topological polar surface area (TPSA) is 66.9 Å². The predicted molar refractivity (Wildman–Crippen MR) is 78.6 cm³/mol. The summed E-state index contributed by atoms with van der Waals surface area (Å²) in [6.07, 6.45) is 2.93. The Morgan fingerprint density at radius 2 is 1.90 bits per heavy atom. The molecule has 0 saturated heterocycles. The lowest BCUT2D eigenvalue weighted by atomic mass is 10.1. The number of nitrogens with zero attached hydrogens (tertiary/aromatic N) is 2. The molecule has 0 bridgehead atoms. The van der Waals surface area contributed by atoms with Gasteiger partial charge in [-0.15, -0.1) is 0 Å². The molecule has 1 amide bonds. The minimum atomic E-state index is -0.320. The van der Waals surface area contributed by atoms with Gasteiger partial charge >= 0.3 is 0 Å². The third-order valence-corrected chi connectivity index (χ3v) is 3.07. The summed E-state index contributed by atoms with van der Waals surface area (Å²) in [5, 5.41) is 5.57. The average Bonchev–Trinajstić information content (AvgIpc) is 2.50. The van der Waals surface area contributed by atoms with Gasteiger partial charge in [0.05, 0.1) is 12.4 Å². The van der Waals surface area contributed by atoms with Gasteiger partial charge in [0.2, 0.25) is 0 Å². The Kier molecular flexibility index (Phi) is 4.47. The second-order valence-corrected chi connectivity index (χ2v) is 4.77. The predicted octanol–water partition coefficient (Wildman–Crippen LogP) is 2.20. The summed E-state index contributed by atoms with van der Waals surface area (Å²) < 4.78 is 13.5. The van der Waals surface area contributed by atoms with Crippen LogP contribution in [0.5, 0.6) is 0 Å². The van der Waals surface area contributed by atoms with E-state index in [0.717, 1.165) is 5.56 Å². The molecule has 0 aliphatic carbocycles. The molecule has 0 unspecified atom stereocenters. The number of hydrogen-bond donors (Lipinski definition) is 2. The highest BCUT2D eigenvalue weighted by Crippen LogP contribution is 2.14. The average molecular weight is 288 g/mol. The number of amides is 1. The van der Waals surface area contributed by atoms with Gasteiger partial charge in [0.1, 0.15) is 17.3 Å². The number of hydrogen-bond acceptors (Lipinski definition) is 4. The molecule has 110 valence electrons. The van der Waals surface area contributed by atoms with Gasteiger partial charge in [-0.3, -0.25) is 9.78 Å². The lowest BCUT2D eigenvalue weighted by molar-refractivity contribution is 0.0945. The van der Waals surface area contributed by atoms with E-state index >= 15 is 0 Å². The van der Waals surface area contributed by atoms with Crippen molar-refractivity contribution in [2.45, 2.75) is 20.4 Å². The van der Waals surface area contributed by atoms with Crippen LogP contribution in [0.2, 0.25) is 0 Å². The van der Waals surface area contributed by atoms with Gasteiger partial charge in [-0.25, -0.2) is 9.37 Å². The smallest absolute Gasteiger partial charge is 0.271 e. The molecule has 0 saturated carbocycles. The van der Waals surface area contributed by atoms with E-state index in [2.05, 4.69) is 20.6 Å². The number of benzene rings is 1. The molecule has 21 heavy (non-hydrogen) atoms. The lowest BCUT2D eigenvalue weighted by Crippen LogP contribution is -2.24. The van der Waals surface area contributed by atoms with Crippen molar-refractivity contribution in [3.8, 4) is 0 Å². The molecule has 0 fully saturated rings. The Bertz CT molecular complexity index is 649. The summed E-state index contributed by atoms with van der Waals surface area (Å²) in [6.45, 7) is 3.72. The highest BCUT2D eigenvalue weighted by atomic mass is 19.1. The van der Waals surface area contributed by atoms with Crippen molar-refractivity contribution < 1.29 is 9.18 Å². The number of nitrogens with one attached hydrogen (secondary N) is 2. The van der Waals surface area contributed by atoms with Crippen LogP contribution in [-0.2, 0) is 6.54 Å². The van der Waals surface area contributed by atoms with Crippen LogP contribution in [0.15, 0.2) is 24.5 Å². The molecule has 0 atom stereocenters. The van der Waals surface area contributed by atoms with Gasteiger partial charge in [0.25, 0.3) is 5.91 Å². The quantitative estimate of drug-likeness (QED) is 0.905. The highest BCUT2D eigenvalue weighted by Gasteiger charge is 2.09. The third kappa shape index (κ3) is 3.53. The molecular formula is C15H17FN4O. The van der Waals surface area contributed by atoms with Crippen molar-refractivity contribution in [2.24, 2.45) is 0 Å². The molecule has 2 aromatic rings. The fraction of sp³-hybridized carbons (Fsp3) is 0.267. The Labute approximate surface area is 122 Å². The summed E-state index contributed by atoms with van der Waals surface area (Å²) in [4.78, 5) is 20.1. The number of aromatic nitrogens is 2. The first-order valence-electron chi connectivity index (χ1n) is 6.55. The minimum absolute atomic E-state index is 0.210. The van der Waals surface area contributed by atoms with E-state index in [4.69, 9.17) is 0 Å². The molecule has 0 spiro atoms. The zero-order valence-electron chi connectivity index (χ0n) is 12.2. The van der Waals surface area contributed by atoms with Crippen LogP contribution in [-0.4, -0.2) is 22.9 Å². The number of anilines is 1. The molecular weight excluding hydrogens is 271 g/mol. The van der Waals surface area contributed by atoms with E-state index in [1.807, 2.05) is 0 Å². The normalized spacial score (nSPS) is 10.3. The van der Waals surface area contributed by atoms with Crippen LogP contribution < -0.4 is 10.6 Å². The van der Waals surface area contributed by atoms with Gasteiger partial charge in [0.15, 0.2) is 0 Å². The van der Waals surface area contributed by atoms with Crippen LogP contribution in [0, 0.1) is 19.7 Å². The largest absolute Gasteiger partial charge is 0.372 e. The van der Waals surface area contributed by atoms with Gasteiger partial charge in [-0.05, 0) is 30.5 Å². The number of carbonyl (C=O) groups excluding carboxylic acids is 1. The molecule has 5 nitrogen and oxygen atoms in total. The molecule has 1 heterocycles. The first kappa shape index (κ1) is 14.9.